The number of nitrogens with one attached hydrogen (secondary N) is 1. The summed E-state index contributed by atoms with van der Waals surface area (Å²) < 4.78 is 1.65. The third-order valence-corrected chi connectivity index (χ3v) is 6.66. The predicted octanol–water partition coefficient (Wildman–Crippen LogP) is 3.78. The molecule has 146 valence electrons. The van der Waals surface area contributed by atoms with E-state index in [-0.39, 0.29) is 22.8 Å². The summed E-state index contributed by atoms with van der Waals surface area (Å²) in [6.45, 7) is 12.3. The number of fused-ring (bicyclic) bond motifs is 3. The lowest BCUT2D eigenvalue weighted by molar-refractivity contribution is -0.119. The lowest BCUT2D eigenvalue weighted by atomic mass is 9.89. The molecule has 1 atom stereocenters. The summed E-state index contributed by atoms with van der Waals surface area (Å²) in [6, 6.07) is 0. The zero-order chi connectivity index (χ0) is 19.8. The van der Waals surface area contributed by atoms with Gasteiger partial charge in [0.05, 0.1) is 11.1 Å². The molecule has 1 aliphatic rings. The third-order valence-electron chi connectivity index (χ3n) is 4.54. The molecule has 3 rings (SSSR count). The molecule has 0 fully saturated rings. The highest BCUT2D eigenvalue weighted by Gasteiger charge is 2.25. The van der Waals surface area contributed by atoms with Gasteiger partial charge in [-0.05, 0) is 51.5 Å². The van der Waals surface area contributed by atoms with Crippen LogP contribution in [-0.4, -0.2) is 26.8 Å². The lowest BCUT2D eigenvalue weighted by Crippen LogP contribution is -2.41. The average Bonchev–Trinajstić information content (AvgIpc) is 2.91. The van der Waals surface area contributed by atoms with Crippen molar-refractivity contribution in [3.05, 3.63) is 33.4 Å². The van der Waals surface area contributed by atoms with Crippen LogP contribution in [0.4, 0.5) is 0 Å². The molecule has 2 aromatic rings. The van der Waals surface area contributed by atoms with Crippen LogP contribution in [0.25, 0.3) is 10.2 Å². The fraction of sp³-hybridized carbons (Fsp3) is 0.550. The summed E-state index contributed by atoms with van der Waals surface area (Å²) in [7, 11) is 0. The molecule has 0 aliphatic heterocycles. The van der Waals surface area contributed by atoms with Gasteiger partial charge in [-0.3, -0.25) is 14.2 Å². The van der Waals surface area contributed by atoms with Crippen LogP contribution in [0.5, 0.6) is 0 Å². The maximum absolute atomic E-state index is 13.2. The van der Waals surface area contributed by atoms with Crippen molar-refractivity contribution in [2.24, 2.45) is 5.92 Å². The van der Waals surface area contributed by atoms with Crippen LogP contribution in [0.3, 0.4) is 0 Å². The second kappa shape index (κ2) is 7.80. The van der Waals surface area contributed by atoms with Crippen molar-refractivity contribution in [2.45, 2.75) is 64.2 Å². The van der Waals surface area contributed by atoms with Gasteiger partial charge in [-0.25, -0.2) is 4.98 Å². The quantitative estimate of drug-likeness (QED) is 0.467. The number of aryl methyl sites for hydroxylation is 1. The minimum absolute atomic E-state index is 0.00863. The topological polar surface area (TPSA) is 64.0 Å². The van der Waals surface area contributed by atoms with Crippen molar-refractivity contribution < 1.29 is 4.79 Å². The van der Waals surface area contributed by atoms with E-state index < -0.39 is 0 Å². The molecule has 2 aromatic heterocycles. The van der Waals surface area contributed by atoms with Gasteiger partial charge in [-0.15, -0.1) is 17.9 Å². The molecule has 1 aliphatic carbocycles. The number of amides is 1. The van der Waals surface area contributed by atoms with Gasteiger partial charge in [-0.1, -0.05) is 24.8 Å². The Morgan fingerprint density at radius 2 is 2.22 bits per heavy atom. The first-order chi connectivity index (χ1) is 12.7. The number of carbonyl (C=O) groups is 1. The first-order valence-corrected chi connectivity index (χ1v) is 11.1. The Labute approximate surface area is 168 Å². The minimum Gasteiger partial charge on any atom is -0.351 e. The highest BCUT2D eigenvalue weighted by molar-refractivity contribution is 7.99. The Balaban J connectivity index is 1.97. The van der Waals surface area contributed by atoms with E-state index in [2.05, 4.69) is 18.8 Å². The Morgan fingerprint density at radius 1 is 1.48 bits per heavy atom. The monoisotopic (exact) mass is 405 g/mol. The Morgan fingerprint density at radius 3 is 2.89 bits per heavy atom. The highest BCUT2D eigenvalue weighted by Crippen LogP contribution is 2.36. The first kappa shape index (κ1) is 20.1. The van der Waals surface area contributed by atoms with Gasteiger partial charge in [0.25, 0.3) is 5.56 Å². The van der Waals surface area contributed by atoms with Crippen molar-refractivity contribution >= 4 is 39.2 Å². The Hall–Kier alpha value is -1.60. The smallest absolute Gasteiger partial charge is 0.263 e. The fourth-order valence-electron chi connectivity index (χ4n) is 3.39. The molecule has 5 nitrogen and oxygen atoms in total. The van der Waals surface area contributed by atoms with Gasteiger partial charge in [0.2, 0.25) is 5.91 Å². The first-order valence-electron chi connectivity index (χ1n) is 9.29. The molecule has 2 heterocycles. The molecular formula is C20H27N3O2S2. The van der Waals surface area contributed by atoms with Gasteiger partial charge in [-0.2, -0.15) is 0 Å². The van der Waals surface area contributed by atoms with E-state index >= 15 is 0 Å². The number of allylic oxidation sites excluding steroid dienone is 1. The SMILES string of the molecule is C=CCn1c(SCC(=O)NC(C)(C)C)nc2sc3c(c2c1=O)CCC(C)C3. The van der Waals surface area contributed by atoms with E-state index in [1.807, 2.05) is 20.8 Å². The molecule has 0 radical (unpaired) electrons. The zero-order valence-corrected chi connectivity index (χ0v) is 18.1. The lowest BCUT2D eigenvalue weighted by Gasteiger charge is -2.20. The van der Waals surface area contributed by atoms with Gasteiger partial charge in [0.1, 0.15) is 4.83 Å². The standard InChI is InChI=1S/C20H27N3O2S2/c1-6-9-23-18(25)16-13-8-7-12(2)10-14(13)27-17(16)21-19(23)26-11-15(24)22-20(3,4)5/h6,12H,1,7-11H2,2-5H3,(H,22,24). The van der Waals surface area contributed by atoms with Crippen molar-refractivity contribution in [3.63, 3.8) is 0 Å². The average molecular weight is 406 g/mol. The number of thioether (sulfide) groups is 1. The highest BCUT2D eigenvalue weighted by atomic mass is 32.2. The molecule has 0 spiro atoms. The normalized spacial score (nSPS) is 17.0. The number of carbonyl (C=O) groups excluding carboxylic acids is 1. The van der Waals surface area contributed by atoms with E-state index in [0.717, 1.165) is 29.5 Å². The maximum atomic E-state index is 13.2. The molecule has 1 N–H and O–H groups in total. The zero-order valence-electron chi connectivity index (χ0n) is 16.4. The van der Waals surface area contributed by atoms with Crippen molar-refractivity contribution in [3.8, 4) is 0 Å². The number of rotatable bonds is 5. The van der Waals surface area contributed by atoms with Gasteiger partial charge < -0.3 is 5.32 Å². The van der Waals surface area contributed by atoms with E-state index in [9.17, 15) is 9.59 Å². The van der Waals surface area contributed by atoms with E-state index in [1.165, 1.54) is 22.2 Å². The molecule has 1 unspecified atom stereocenters. The summed E-state index contributed by atoms with van der Waals surface area (Å²) in [5.74, 6) is 0.816. The van der Waals surface area contributed by atoms with Crippen LogP contribution < -0.4 is 10.9 Å². The van der Waals surface area contributed by atoms with Gasteiger partial charge in [0, 0.05) is 17.0 Å². The maximum Gasteiger partial charge on any atom is 0.263 e. The van der Waals surface area contributed by atoms with Crippen molar-refractivity contribution in [1.82, 2.24) is 14.9 Å². The van der Waals surface area contributed by atoms with Crippen LogP contribution in [0.2, 0.25) is 0 Å². The minimum atomic E-state index is -0.278. The number of nitrogens with zero attached hydrogens (tertiary/aromatic N) is 2. The van der Waals surface area contributed by atoms with Crippen LogP contribution >= 0.6 is 23.1 Å². The largest absolute Gasteiger partial charge is 0.351 e. The second-order valence-electron chi connectivity index (χ2n) is 8.22. The number of hydrogen-bond acceptors (Lipinski definition) is 5. The second-order valence-corrected chi connectivity index (χ2v) is 10.2. The molecule has 27 heavy (non-hydrogen) atoms. The van der Waals surface area contributed by atoms with Crippen LogP contribution in [0.1, 0.15) is 44.6 Å². The Bertz CT molecular complexity index is 937. The molecule has 0 saturated heterocycles. The number of thiophene rings is 1. The third kappa shape index (κ3) is 4.46. The molecular weight excluding hydrogens is 378 g/mol. The molecule has 0 saturated carbocycles. The predicted molar refractivity (Wildman–Crippen MR) is 114 cm³/mol. The van der Waals surface area contributed by atoms with Crippen LogP contribution in [-0.2, 0) is 24.2 Å². The van der Waals surface area contributed by atoms with E-state index in [4.69, 9.17) is 4.98 Å². The summed E-state index contributed by atoms with van der Waals surface area (Å²) in [5.41, 5.74) is 0.899. The summed E-state index contributed by atoms with van der Waals surface area (Å²) >= 11 is 2.95. The summed E-state index contributed by atoms with van der Waals surface area (Å²) in [4.78, 5) is 32.2. The van der Waals surface area contributed by atoms with Crippen molar-refractivity contribution in [1.29, 1.82) is 0 Å². The molecule has 0 bridgehead atoms. The van der Waals surface area contributed by atoms with Crippen molar-refractivity contribution in [2.75, 3.05) is 5.75 Å². The van der Waals surface area contributed by atoms with Gasteiger partial charge in [0.15, 0.2) is 5.16 Å². The van der Waals surface area contributed by atoms with Crippen LogP contribution in [0, 0.1) is 5.92 Å². The number of aromatic nitrogens is 2. The summed E-state index contributed by atoms with van der Waals surface area (Å²) in [5, 5.41) is 4.30. The molecule has 1 amide bonds. The van der Waals surface area contributed by atoms with Crippen LogP contribution in [0.15, 0.2) is 22.6 Å². The fourth-order valence-corrected chi connectivity index (χ4v) is 5.62. The van der Waals surface area contributed by atoms with E-state index in [0.29, 0.717) is 17.6 Å². The van der Waals surface area contributed by atoms with Gasteiger partial charge >= 0.3 is 0 Å². The molecule has 7 heteroatoms. The summed E-state index contributed by atoms with van der Waals surface area (Å²) in [6.07, 6.45) is 4.79. The number of hydrogen-bond donors (Lipinski definition) is 1. The Kier molecular flexibility index (Phi) is 5.82. The van der Waals surface area contributed by atoms with E-state index in [1.54, 1.807) is 22.0 Å². The molecule has 0 aromatic carbocycles.